The summed E-state index contributed by atoms with van der Waals surface area (Å²) < 4.78 is 28.6. The van der Waals surface area contributed by atoms with Crippen LogP contribution in [0.5, 0.6) is 0 Å². The lowest BCUT2D eigenvalue weighted by Crippen LogP contribution is -2.33. The van der Waals surface area contributed by atoms with E-state index in [1.165, 1.54) is 17.0 Å². The first kappa shape index (κ1) is 17.0. The largest absolute Gasteiger partial charge is 0.444 e. The molecule has 0 unspecified atom stereocenters. The van der Waals surface area contributed by atoms with Gasteiger partial charge in [0.25, 0.3) is 0 Å². The molecule has 2 rings (SSSR count). The Balaban J connectivity index is 2.21. The summed E-state index contributed by atoms with van der Waals surface area (Å²) >= 11 is 0. The summed E-state index contributed by atoms with van der Waals surface area (Å²) in [4.78, 5) is 13.4. The van der Waals surface area contributed by atoms with E-state index < -0.39 is 16.1 Å². The van der Waals surface area contributed by atoms with Crippen molar-refractivity contribution in [3.8, 4) is 0 Å². The quantitative estimate of drug-likeness (QED) is 0.909. The van der Waals surface area contributed by atoms with Crippen LogP contribution >= 0.6 is 0 Å². The number of rotatable bonds is 5. The van der Waals surface area contributed by atoms with Crippen molar-refractivity contribution in [2.24, 2.45) is 5.14 Å². The summed E-state index contributed by atoms with van der Waals surface area (Å²) in [6.45, 7) is 2.08. The molecule has 2 aromatic carbocycles. The van der Waals surface area contributed by atoms with Crippen molar-refractivity contribution in [1.29, 1.82) is 0 Å². The van der Waals surface area contributed by atoms with Crippen molar-refractivity contribution in [2.75, 3.05) is 11.4 Å². The van der Waals surface area contributed by atoms with Gasteiger partial charge in [-0.05, 0) is 24.6 Å². The number of carbonyl (C=O) groups is 1. The van der Waals surface area contributed by atoms with Gasteiger partial charge in [-0.2, -0.15) is 0 Å². The molecule has 0 radical (unpaired) electrons. The maximum atomic E-state index is 12.3. The molecule has 2 N–H and O–H groups in total. The average molecular weight is 334 g/mol. The second-order valence-electron chi connectivity index (χ2n) is 4.80. The second kappa shape index (κ2) is 7.26. The van der Waals surface area contributed by atoms with E-state index in [4.69, 9.17) is 9.88 Å². The van der Waals surface area contributed by atoms with Crippen LogP contribution in [0.1, 0.15) is 12.5 Å². The Labute approximate surface area is 135 Å². The van der Waals surface area contributed by atoms with Gasteiger partial charge in [-0.1, -0.05) is 42.5 Å². The van der Waals surface area contributed by atoms with Crippen LogP contribution in [0.4, 0.5) is 10.5 Å². The minimum absolute atomic E-state index is 0.105. The molecule has 1 amide bonds. The highest BCUT2D eigenvalue weighted by atomic mass is 32.2. The van der Waals surface area contributed by atoms with E-state index >= 15 is 0 Å². The van der Waals surface area contributed by atoms with Gasteiger partial charge in [0.1, 0.15) is 11.5 Å². The molecule has 0 atom stereocenters. The Morgan fingerprint density at radius 2 is 1.70 bits per heavy atom. The molecule has 0 aliphatic carbocycles. The summed E-state index contributed by atoms with van der Waals surface area (Å²) in [7, 11) is -3.94. The minimum atomic E-state index is -3.94. The normalized spacial score (nSPS) is 11.0. The minimum Gasteiger partial charge on any atom is -0.444 e. The van der Waals surface area contributed by atoms with Gasteiger partial charge >= 0.3 is 6.09 Å². The van der Waals surface area contributed by atoms with E-state index in [2.05, 4.69) is 0 Å². The number of benzene rings is 2. The molecule has 0 aliphatic rings. The van der Waals surface area contributed by atoms with E-state index in [1.807, 2.05) is 30.3 Å². The van der Waals surface area contributed by atoms with Crippen LogP contribution in [0.2, 0.25) is 0 Å². The molecule has 23 heavy (non-hydrogen) atoms. The summed E-state index contributed by atoms with van der Waals surface area (Å²) in [5.41, 5.74) is 1.05. The number of hydrogen-bond donors (Lipinski definition) is 1. The molecule has 122 valence electrons. The lowest BCUT2D eigenvalue weighted by molar-refractivity contribution is 0.147. The predicted octanol–water partition coefficient (Wildman–Crippen LogP) is 2.50. The number of sulfonamides is 1. The third-order valence-electron chi connectivity index (χ3n) is 3.20. The van der Waals surface area contributed by atoms with Crippen molar-refractivity contribution < 1.29 is 17.9 Å². The maximum absolute atomic E-state index is 12.3. The molecule has 0 fully saturated rings. The monoisotopic (exact) mass is 334 g/mol. The van der Waals surface area contributed by atoms with Crippen LogP contribution in [0.25, 0.3) is 0 Å². The highest BCUT2D eigenvalue weighted by Crippen LogP contribution is 2.24. The fourth-order valence-electron chi connectivity index (χ4n) is 2.12. The number of nitrogens with zero attached hydrogens (tertiary/aromatic N) is 1. The fourth-order valence-corrected chi connectivity index (χ4v) is 2.85. The molecule has 0 bridgehead atoms. The Morgan fingerprint density at radius 3 is 2.30 bits per heavy atom. The number of nitrogens with two attached hydrogens (primary N) is 1. The van der Waals surface area contributed by atoms with Gasteiger partial charge in [0.15, 0.2) is 0 Å². The smallest absolute Gasteiger partial charge is 0.414 e. The molecule has 0 spiro atoms. The number of amides is 1. The van der Waals surface area contributed by atoms with Crippen LogP contribution in [-0.4, -0.2) is 21.1 Å². The van der Waals surface area contributed by atoms with E-state index in [0.717, 1.165) is 5.56 Å². The van der Waals surface area contributed by atoms with Crippen molar-refractivity contribution in [3.05, 3.63) is 60.2 Å². The molecule has 6 nitrogen and oxygen atoms in total. The molecular weight excluding hydrogens is 316 g/mol. The van der Waals surface area contributed by atoms with Gasteiger partial charge in [-0.15, -0.1) is 0 Å². The second-order valence-corrected chi connectivity index (χ2v) is 6.33. The number of primary sulfonamides is 1. The zero-order valence-corrected chi connectivity index (χ0v) is 13.5. The van der Waals surface area contributed by atoms with Crippen LogP contribution in [0.3, 0.4) is 0 Å². The first-order valence-electron chi connectivity index (χ1n) is 7.03. The SMILES string of the molecule is CCN(C(=O)OCc1ccccc1)c1ccccc1S(N)(=O)=O. The molecule has 0 aliphatic heterocycles. The molecule has 7 heteroatoms. The highest BCUT2D eigenvalue weighted by Gasteiger charge is 2.22. The molecule has 0 heterocycles. The van der Waals surface area contributed by atoms with Crippen molar-refractivity contribution in [2.45, 2.75) is 18.4 Å². The molecule has 0 aromatic heterocycles. The Bertz CT molecular complexity index is 776. The summed E-state index contributed by atoms with van der Waals surface area (Å²) in [6, 6.07) is 15.3. The van der Waals surface area contributed by atoms with Gasteiger partial charge in [0.2, 0.25) is 10.0 Å². The zero-order valence-electron chi connectivity index (χ0n) is 12.7. The Morgan fingerprint density at radius 1 is 1.09 bits per heavy atom. The number of ether oxygens (including phenoxy) is 1. The van der Waals surface area contributed by atoms with Gasteiger partial charge in [0, 0.05) is 6.54 Å². The highest BCUT2D eigenvalue weighted by molar-refractivity contribution is 7.89. The van der Waals surface area contributed by atoms with Gasteiger partial charge < -0.3 is 4.74 Å². The van der Waals surface area contributed by atoms with Crippen LogP contribution < -0.4 is 10.0 Å². The number of hydrogen-bond acceptors (Lipinski definition) is 4. The topological polar surface area (TPSA) is 89.7 Å². The van der Waals surface area contributed by atoms with Gasteiger partial charge in [-0.25, -0.2) is 18.4 Å². The first-order valence-corrected chi connectivity index (χ1v) is 8.58. The first-order chi connectivity index (χ1) is 10.9. The third-order valence-corrected chi connectivity index (χ3v) is 4.16. The predicted molar refractivity (Wildman–Crippen MR) is 87.5 cm³/mol. The van der Waals surface area contributed by atoms with Crippen molar-refractivity contribution >= 4 is 21.8 Å². The standard InChI is InChI=1S/C16H18N2O4S/c1-2-18(14-10-6-7-11-15(14)23(17,20)21)16(19)22-12-13-8-4-3-5-9-13/h3-11H,2,12H2,1H3,(H2,17,20,21). The lowest BCUT2D eigenvalue weighted by atomic mass is 10.2. The number of carbonyl (C=O) groups excluding carboxylic acids is 1. The summed E-state index contributed by atoms with van der Waals surface area (Å²) in [6.07, 6.45) is -0.632. The number of para-hydroxylation sites is 1. The zero-order chi connectivity index (χ0) is 16.9. The van der Waals surface area contributed by atoms with Crippen molar-refractivity contribution in [3.63, 3.8) is 0 Å². The third kappa shape index (κ3) is 4.30. The maximum Gasteiger partial charge on any atom is 0.414 e. The van der Waals surface area contributed by atoms with E-state index in [-0.39, 0.29) is 23.7 Å². The van der Waals surface area contributed by atoms with Crippen LogP contribution in [0, 0.1) is 0 Å². The van der Waals surface area contributed by atoms with Crippen molar-refractivity contribution in [1.82, 2.24) is 0 Å². The fraction of sp³-hybridized carbons (Fsp3) is 0.188. The molecule has 0 saturated heterocycles. The lowest BCUT2D eigenvalue weighted by Gasteiger charge is -2.22. The molecule has 2 aromatic rings. The van der Waals surface area contributed by atoms with Gasteiger partial charge in [-0.3, -0.25) is 4.90 Å². The molecular formula is C16H18N2O4S. The summed E-state index contributed by atoms with van der Waals surface area (Å²) in [5.74, 6) is 0. The van der Waals surface area contributed by atoms with E-state index in [0.29, 0.717) is 0 Å². The molecule has 0 saturated carbocycles. The number of anilines is 1. The van der Waals surface area contributed by atoms with Crippen LogP contribution in [-0.2, 0) is 21.4 Å². The Hall–Kier alpha value is -2.38. The van der Waals surface area contributed by atoms with E-state index in [1.54, 1.807) is 19.1 Å². The Kier molecular flexibility index (Phi) is 5.36. The van der Waals surface area contributed by atoms with Crippen LogP contribution in [0.15, 0.2) is 59.5 Å². The van der Waals surface area contributed by atoms with Gasteiger partial charge in [0.05, 0.1) is 5.69 Å². The average Bonchev–Trinajstić information content (AvgIpc) is 2.54. The summed E-state index contributed by atoms with van der Waals surface area (Å²) in [5, 5.41) is 5.21. The van der Waals surface area contributed by atoms with E-state index in [9.17, 15) is 13.2 Å².